The zero-order valence-corrected chi connectivity index (χ0v) is 13.5. The van der Waals surface area contributed by atoms with Crippen molar-refractivity contribution in [2.45, 2.75) is 25.3 Å². The molecule has 1 aliphatic heterocycles. The molecule has 1 unspecified atom stereocenters. The molecule has 23 heavy (non-hydrogen) atoms. The highest BCUT2D eigenvalue weighted by Gasteiger charge is 2.21. The molecule has 1 atom stereocenters. The molecule has 0 amide bonds. The summed E-state index contributed by atoms with van der Waals surface area (Å²) < 4.78 is 0. The van der Waals surface area contributed by atoms with Crippen molar-refractivity contribution in [3.63, 3.8) is 0 Å². The average molecular weight is 315 g/mol. The van der Waals surface area contributed by atoms with Gasteiger partial charge in [-0.3, -0.25) is 9.88 Å². The van der Waals surface area contributed by atoms with E-state index >= 15 is 0 Å². The van der Waals surface area contributed by atoms with E-state index in [-0.39, 0.29) is 11.5 Å². The second kappa shape index (κ2) is 8.50. The summed E-state index contributed by atoms with van der Waals surface area (Å²) in [6.07, 6.45) is 7.12. The molecular formula is C18H25N3O2. The lowest BCUT2D eigenvalue weighted by atomic mass is 10.1. The molecule has 4 N–H and O–H groups in total. The molecule has 1 fully saturated rings. The van der Waals surface area contributed by atoms with Gasteiger partial charge < -0.3 is 15.9 Å². The molecule has 124 valence electrons. The predicted molar refractivity (Wildman–Crippen MR) is 91.4 cm³/mol. The molecule has 5 nitrogen and oxygen atoms in total. The van der Waals surface area contributed by atoms with Gasteiger partial charge in [0.15, 0.2) is 11.5 Å². The van der Waals surface area contributed by atoms with Crippen LogP contribution in [0, 0.1) is 0 Å². The Morgan fingerprint density at radius 1 is 1.26 bits per heavy atom. The number of hydrogen-bond donors (Lipinski definition) is 3. The number of phenols is 2. The second-order valence-electron chi connectivity index (χ2n) is 5.79. The normalized spacial score (nSPS) is 17.6. The van der Waals surface area contributed by atoms with Crippen LogP contribution in [0.1, 0.15) is 30.0 Å². The summed E-state index contributed by atoms with van der Waals surface area (Å²) in [5, 5.41) is 18.0. The van der Waals surface area contributed by atoms with Gasteiger partial charge in [0.05, 0.1) is 0 Å². The molecule has 3 rings (SSSR count). The van der Waals surface area contributed by atoms with Crippen molar-refractivity contribution in [3.8, 4) is 11.5 Å². The Balaban J connectivity index is 0.000000168. The number of rotatable bonds is 3. The maximum atomic E-state index is 9.04. The van der Waals surface area contributed by atoms with Gasteiger partial charge in [-0.15, -0.1) is 0 Å². The highest BCUT2D eigenvalue weighted by atomic mass is 16.3. The molecule has 2 heterocycles. The molecule has 0 aliphatic carbocycles. The quantitative estimate of drug-likeness (QED) is 0.758. The maximum Gasteiger partial charge on any atom is 0.157 e. The number of nitrogens with two attached hydrogens (primary N) is 1. The highest BCUT2D eigenvalue weighted by molar-refractivity contribution is 5.40. The van der Waals surface area contributed by atoms with Crippen molar-refractivity contribution in [1.82, 2.24) is 9.88 Å². The van der Waals surface area contributed by atoms with Gasteiger partial charge in [0.2, 0.25) is 0 Å². The molecule has 0 radical (unpaired) electrons. The van der Waals surface area contributed by atoms with Crippen LogP contribution < -0.4 is 5.73 Å². The minimum absolute atomic E-state index is 0.0871. The molecule has 5 heteroatoms. The Labute approximate surface area is 137 Å². The van der Waals surface area contributed by atoms with Gasteiger partial charge >= 0.3 is 0 Å². The lowest BCUT2D eigenvalue weighted by molar-refractivity contribution is 0.317. The van der Waals surface area contributed by atoms with Crippen molar-refractivity contribution in [1.29, 1.82) is 0 Å². The summed E-state index contributed by atoms with van der Waals surface area (Å²) >= 11 is 0. The number of aromatic nitrogens is 1. The molecule has 1 saturated heterocycles. The van der Waals surface area contributed by atoms with E-state index in [1.54, 1.807) is 6.07 Å². The molecule has 1 aromatic carbocycles. The van der Waals surface area contributed by atoms with Crippen LogP contribution in [0.15, 0.2) is 42.7 Å². The van der Waals surface area contributed by atoms with Crippen LogP contribution in [0.5, 0.6) is 11.5 Å². The third-order valence-corrected chi connectivity index (χ3v) is 4.06. The summed E-state index contributed by atoms with van der Waals surface area (Å²) in [5.74, 6) is -0.179. The zero-order valence-electron chi connectivity index (χ0n) is 13.5. The molecule has 0 saturated carbocycles. The number of hydrogen-bond acceptors (Lipinski definition) is 5. The standard InChI is InChI=1S/C10H14N2.C8H11NO2/c1-12-7-3-5-10(12)9-4-2-6-11-8-9;9-4-3-6-1-2-7(10)8(11)5-6/h2,4,6,8,10H,3,5,7H2,1H3;1-2,5,10-11H,3-4,9H2. The monoisotopic (exact) mass is 315 g/mol. The fourth-order valence-electron chi connectivity index (χ4n) is 2.80. The minimum atomic E-state index is -0.0919. The Morgan fingerprint density at radius 3 is 2.65 bits per heavy atom. The Kier molecular flexibility index (Phi) is 6.38. The van der Waals surface area contributed by atoms with Crippen molar-refractivity contribution in [2.24, 2.45) is 5.73 Å². The minimum Gasteiger partial charge on any atom is -0.504 e. The lowest BCUT2D eigenvalue weighted by Crippen LogP contribution is -2.17. The first-order valence-corrected chi connectivity index (χ1v) is 7.93. The largest absolute Gasteiger partial charge is 0.504 e. The zero-order chi connectivity index (χ0) is 16.7. The van der Waals surface area contributed by atoms with Crippen molar-refractivity contribution < 1.29 is 10.2 Å². The highest BCUT2D eigenvalue weighted by Crippen LogP contribution is 2.29. The number of aromatic hydroxyl groups is 2. The summed E-state index contributed by atoms with van der Waals surface area (Å²) in [6.45, 7) is 1.77. The SMILES string of the molecule is CN1CCCC1c1cccnc1.NCCc1ccc(O)c(O)c1. The average Bonchev–Trinajstić information content (AvgIpc) is 2.99. The first-order chi connectivity index (χ1) is 11.1. The van der Waals surface area contributed by atoms with Crippen LogP contribution in [-0.2, 0) is 6.42 Å². The van der Waals surface area contributed by atoms with Gasteiger partial charge in [0.1, 0.15) is 0 Å². The van der Waals surface area contributed by atoms with E-state index in [1.807, 2.05) is 18.5 Å². The predicted octanol–water partition coefficient (Wildman–Crippen LogP) is 2.45. The van der Waals surface area contributed by atoms with Gasteiger partial charge in [0.25, 0.3) is 0 Å². The van der Waals surface area contributed by atoms with Gasteiger partial charge in [-0.2, -0.15) is 0 Å². The van der Waals surface area contributed by atoms with Crippen molar-refractivity contribution in [3.05, 3.63) is 53.9 Å². The molecule has 1 aromatic heterocycles. The Morgan fingerprint density at radius 2 is 2.09 bits per heavy atom. The van der Waals surface area contributed by atoms with Crippen molar-refractivity contribution in [2.75, 3.05) is 20.1 Å². The van der Waals surface area contributed by atoms with E-state index in [4.69, 9.17) is 15.9 Å². The van der Waals surface area contributed by atoms with Crippen LogP contribution in [0.25, 0.3) is 0 Å². The lowest BCUT2D eigenvalue weighted by Gasteiger charge is -2.18. The van der Waals surface area contributed by atoms with Crippen molar-refractivity contribution >= 4 is 0 Å². The Bertz CT molecular complexity index is 604. The third kappa shape index (κ3) is 4.94. The van der Waals surface area contributed by atoms with Crippen LogP contribution in [0.4, 0.5) is 0 Å². The molecule has 0 spiro atoms. The van der Waals surface area contributed by atoms with Gasteiger partial charge in [-0.05, 0) is 68.7 Å². The van der Waals surface area contributed by atoms with E-state index in [0.717, 1.165) is 5.56 Å². The van der Waals surface area contributed by atoms with E-state index in [2.05, 4.69) is 23.0 Å². The second-order valence-corrected chi connectivity index (χ2v) is 5.79. The summed E-state index contributed by atoms with van der Waals surface area (Å²) in [5.41, 5.74) is 7.60. The summed E-state index contributed by atoms with van der Waals surface area (Å²) in [4.78, 5) is 6.54. The smallest absolute Gasteiger partial charge is 0.157 e. The van der Waals surface area contributed by atoms with E-state index in [1.165, 1.54) is 37.1 Å². The third-order valence-electron chi connectivity index (χ3n) is 4.06. The number of likely N-dealkylation sites (tertiary alicyclic amines) is 1. The van der Waals surface area contributed by atoms with Crippen LogP contribution in [-0.4, -0.2) is 40.2 Å². The van der Waals surface area contributed by atoms with Crippen LogP contribution in [0.2, 0.25) is 0 Å². The number of pyridine rings is 1. The van der Waals surface area contributed by atoms with E-state index in [0.29, 0.717) is 19.0 Å². The topological polar surface area (TPSA) is 82.6 Å². The van der Waals surface area contributed by atoms with Gasteiger partial charge in [0, 0.05) is 18.4 Å². The van der Waals surface area contributed by atoms with Crippen LogP contribution >= 0.6 is 0 Å². The van der Waals surface area contributed by atoms with Gasteiger partial charge in [-0.1, -0.05) is 12.1 Å². The number of benzene rings is 1. The van der Waals surface area contributed by atoms with E-state index < -0.39 is 0 Å². The van der Waals surface area contributed by atoms with Crippen LogP contribution in [0.3, 0.4) is 0 Å². The van der Waals surface area contributed by atoms with Gasteiger partial charge in [-0.25, -0.2) is 0 Å². The fraction of sp³-hybridized carbons (Fsp3) is 0.389. The number of nitrogens with zero attached hydrogens (tertiary/aromatic N) is 2. The fourth-order valence-corrected chi connectivity index (χ4v) is 2.80. The molecule has 1 aliphatic rings. The Hall–Kier alpha value is -2.11. The summed E-state index contributed by atoms with van der Waals surface area (Å²) in [6, 6.07) is 9.50. The number of phenolic OH excluding ortho intramolecular Hbond substituents is 2. The molecule has 0 bridgehead atoms. The first kappa shape index (κ1) is 17.2. The summed E-state index contributed by atoms with van der Waals surface area (Å²) in [7, 11) is 2.19. The molecular weight excluding hydrogens is 290 g/mol. The maximum absolute atomic E-state index is 9.04. The molecule has 2 aromatic rings. The first-order valence-electron chi connectivity index (χ1n) is 7.93. The van der Waals surface area contributed by atoms with E-state index in [9.17, 15) is 0 Å².